The van der Waals surface area contributed by atoms with Crippen molar-refractivity contribution in [3.05, 3.63) is 41.5 Å². The van der Waals surface area contributed by atoms with Gasteiger partial charge in [0.2, 0.25) is 5.75 Å². The minimum Gasteiger partial charge on any atom is -0.716 e. The Kier molecular flexibility index (Phi) is 9.38. The molecule has 0 fully saturated rings. The monoisotopic (exact) mass is 420 g/mol. The van der Waals surface area contributed by atoms with Crippen LogP contribution in [0.15, 0.2) is 30.3 Å². The van der Waals surface area contributed by atoms with Crippen molar-refractivity contribution in [2.45, 2.75) is 12.8 Å². The van der Waals surface area contributed by atoms with Crippen molar-refractivity contribution < 1.29 is 65.7 Å². The predicted octanol–water partition coefficient (Wildman–Crippen LogP) is -0.651. The summed E-state index contributed by atoms with van der Waals surface area (Å²) in [6, 6.07) is 8.45. The molecule has 0 heterocycles. The molecule has 0 saturated carbocycles. The molecule has 8 nitrogen and oxygen atoms in total. The maximum Gasteiger partial charge on any atom is 1.00 e. The molecule has 0 atom stereocenters. The first-order valence-corrected chi connectivity index (χ1v) is 9.25. The standard InChI is InChI=1S/C18H22O8S.Na/c1-22-14-8-7-12(9-15(14)26-27(19,20)21)5-6-13-10-16(23-2)18(25-4)17(11-13)24-3;/h7-11H,5-6H2,1-4H3,(H,19,20,21);/q;+1/p-1. The maximum atomic E-state index is 10.9. The Balaban J connectivity index is 0.00000392. The summed E-state index contributed by atoms with van der Waals surface area (Å²) in [5, 5.41) is 0. The summed E-state index contributed by atoms with van der Waals surface area (Å²) in [5.74, 6) is 1.61. The molecule has 0 saturated heterocycles. The fourth-order valence-electron chi connectivity index (χ4n) is 2.62. The summed E-state index contributed by atoms with van der Waals surface area (Å²) in [7, 11) is 1.07. The Morgan fingerprint density at radius 2 is 1.25 bits per heavy atom. The van der Waals surface area contributed by atoms with E-state index >= 15 is 0 Å². The number of hydrogen-bond donors (Lipinski definition) is 0. The van der Waals surface area contributed by atoms with E-state index in [0.29, 0.717) is 30.1 Å². The van der Waals surface area contributed by atoms with Crippen molar-refractivity contribution >= 4 is 10.4 Å². The molecule has 10 heteroatoms. The minimum absolute atomic E-state index is 0. The van der Waals surface area contributed by atoms with Crippen LogP contribution in [0, 0.1) is 0 Å². The molecular weight excluding hydrogens is 399 g/mol. The van der Waals surface area contributed by atoms with Gasteiger partial charge in [0.05, 0.1) is 28.4 Å². The van der Waals surface area contributed by atoms with Crippen LogP contribution in [0.4, 0.5) is 0 Å². The van der Waals surface area contributed by atoms with Gasteiger partial charge < -0.3 is 27.7 Å². The van der Waals surface area contributed by atoms with Gasteiger partial charge in [-0.1, -0.05) is 6.07 Å². The number of rotatable bonds is 9. The molecule has 0 spiro atoms. The maximum absolute atomic E-state index is 10.9. The van der Waals surface area contributed by atoms with E-state index < -0.39 is 10.4 Å². The molecule has 2 aromatic rings. The van der Waals surface area contributed by atoms with Crippen molar-refractivity contribution in [3.63, 3.8) is 0 Å². The Hall–Kier alpha value is -1.65. The van der Waals surface area contributed by atoms with Gasteiger partial charge >= 0.3 is 29.6 Å². The summed E-state index contributed by atoms with van der Waals surface area (Å²) < 4.78 is 58.1. The first-order chi connectivity index (χ1) is 12.8. The van der Waals surface area contributed by atoms with Crippen molar-refractivity contribution in [2.75, 3.05) is 28.4 Å². The molecule has 148 valence electrons. The zero-order valence-corrected chi connectivity index (χ0v) is 19.3. The van der Waals surface area contributed by atoms with Gasteiger partial charge in [-0.2, -0.15) is 0 Å². The fourth-order valence-corrected chi connectivity index (χ4v) is 2.97. The van der Waals surface area contributed by atoms with E-state index in [-0.39, 0.29) is 41.1 Å². The van der Waals surface area contributed by atoms with Crippen molar-refractivity contribution in [1.82, 2.24) is 0 Å². The third-order valence-corrected chi connectivity index (χ3v) is 4.23. The molecule has 2 aromatic carbocycles. The van der Waals surface area contributed by atoms with Crippen LogP contribution in [0.2, 0.25) is 0 Å². The first kappa shape index (κ1) is 24.4. The summed E-state index contributed by atoms with van der Waals surface area (Å²) in [6.45, 7) is 0. The molecule has 0 aliphatic rings. The molecule has 0 amide bonds. The van der Waals surface area contributed by atoms with E-state index in [1.54, 1.807) is 12.1 Å². The first-order valence-electron chi connectivity index (χ1n) is 7.92. The van der Waals surface area contributed by atoms with Gasteiger partial charge in [-0.05, 0) is 48.2 Å². The number of hydrogen-bond acceptors (Lipinski definition) is 8. The fraction of sp³-hybridized carbons (Fsp3) is 0.333. The van der Waals surface area contributed by atoms with E-state index in [1.165, 1.54) is 34.5 Å². The van der Waals surface area contributed by atoms with Crippen molar-refractivity contribution in [2.24, 2.45) is 0 Å². The molecule has 2 rings (SSSR count). The van der Waals surface area contributed by atoms with Crippen LogP contribution >= 0.6 is 0 Å². The van der Waals surface area contributed by atoms with Crippen LogP contribution in [0.3, 0.4) is 0 Å². The summed E-state index contributed by atoms with van der Waals surface area (Å²) >= 11 is 0. The average Bonchev–Trinajstić information content (AvgIpc) is 2.64. The Labute approximate surface area is 186 Å². The zero-order valence-electron chi connectivity index (χ0n) is 16.5. The Morgan fingerprint density at radius 3 is 1.71 bits per heavy atom. The SMILES string of the molecule is COc1ccc(CCc2cc(OC)c(OC)c(OC)c2)cc1OS(=O)(=O)[O-].[Na+]. The van der Waals surface area contributed by atoms with Crippen LogP contribution < -0.4 is 52.7 Å². The number of aryl methyl sites for hydroxylation is 2. The Morgan fingerprint density at radius 1 is 0.750 bits per heavy atom. The molecule has 28 heavy (non-hydrogen) atoms. The van der Waals surface area contributed by atoms with Gasteiger partial charge in [0.15, 0.2) is 23.0 Å². The second-order valence-electron chi connectivity index (χ2n) is 5.51. The molecular formula is C18H21NaO8S. The molecule has 0 bridgehead atoms. The van der Waals surface area contributed by atoms with Gasteiger partial charge in [-0.3, -0.25) is 0 Å². The van der Waals surface area contributed by atoms with E-state index in [4.69, 9.17) is 18.9 Å². The molecule has 0 unspecified atom stereocenters. The predicted molar refractivity (Wildman–Crippen MR) is 96.8 cm³/mol. The van der Waals surface area contributed by atoms with Crippen molar-refractivity contribution in [1.29, 1.82) is 0 Å². The van der Waals surface area contributed by atoms with Crippen LogP contribution in [-0.4, -0.2) is 41.4 Å². The van der Waals surface area contributed by atoms with Crippen molar-refractivity contribution in [3.8, 4) is 28.7 Å². The van der Waals surface area contributed by atoms with Gasteiger partial charge in [-0.15, -0.1) is 0 Å². The zero-order chi connectivity index (χ0) is 20.0. The van der Waals surface area contributed by atoms with Crippen LogP contribution in [-0.2, 0) is 23.2 Å². The second kappa shape index (κ2) is 10.8. The van der Waals surface area contributed by atoms with Crippen LogP contribution in [0.25, 0.3) is 0 Å². The van der Waals surface area contributed by atoms with Crippen LogP contribution in [0.1, 0.15) is 11.1 Å². The van der Waals surface area contributed by atoms with E-state index in [9.17, 15) is 13.0 Å². The number of benzene rings is 2. The number of ether oxygens (including phenoxy) is 4. The molecule has 0 radical (unpaired) electrons. The topological polar surface area (TPSA) is 103 Å². The largest absolute Gasteiger partial charge is 1.00 e. The quantitative estimate of drug-likeness (QED) is 0.300. The average molecular weight is 420 g/mol. The molecule has 0 aliphatic heterocycles. The van der Waals surface area contributed by atoms with E-state index in [0.717, 1.165) is 11.1 Å². The summed E-state index contributed by atoms with van der Waals surface area (Å²) in [6.07, 6.45) is 1.16. The summed E-state index contributed by atoms with van der Waals surface area (Å²) in [4.78, 5) is 0. The van der Waals surface area contributed by atoms with Gasteiger partial charge in [0.1, 0.15) is 0 Å². The molecule has 0 N–H and O–H groups in total. The van der Waals surface area contributed by atoms with Gasteiger partial charge in [0.25, 0.3) is 10.4 Å². The molecule has 0 aliphatic carbocycles. The normalized spacial score (nSPS) is 10.6. The second-order valence-corrected chi connectivity index (χ2v) is 6.49. The Bertz CT molecular complexity index is 873. The third-order valence-electron chi connectivity index (χ3n) is 3.85. The van der Waals surface area contributed by atoms with Gasteiger partial charge in [0, 0.05) is 0 Å². The van der Waals surface area contributed by atoms with E-state index in [1.807, 2.05) is 12.1 Å². The van der Waals surface area contributed by atoms with Crippen LogP contribution in [0.5, 0.6) is 28.7 Å². The smallest absolute Gasteiger partial charge is 0.716 e. The number of methoxy groups -OCH3 is 4. The third kappa shape index (κ3) is 6.46. The molecule has 0 aromatic heterocycles. The summed E-state index contributed by atoms with van der Waals surface area (Å²) in [5.41, 5.74) is 1.70. The van der Waals surface area contributed by atoms with Gasteiger partial charge in [-0.25, -0.2) is 8.42 Å². The minimum atomic E-state index is -4.90. The van der Waals surface area contributed by atoms with E-state index in [2.05, 4.69) is 4.18 Å².